The molecule has 0 aromatic carbocycles. The van der Waals surface area contributed by atoms with Gasteiger partial charge in [0.2, 0.25) is 0 Å². The van der Waals surface area contributed by atoms with Gasteiger partial charge in [-0.05, 0) is 32.3 Å². The predicted octanol–water partition coefficient (Wildman–Crippen LogP) is 3.46. The summed E-state index contributed by atoms with van der Waals surface area (Å²) in [6.07, 6.45) is 6.05. The maximum absolute atomic E-state index is 4.35. The Labute approximate surface area is 76.6 Å². The van der Waals surface area contributed by atoms with E-state index < -0.39 is 0 Å². The molecule has 0 aliphatic rings. The third-order valence-electron chi connectivity index (χ3n) is 1.14. The predicted molar refractivity (Wildman–Crippen MR) is 56.8 cm³/mol. The van der Waals surface area contributed by atoms with Gasteiger partial charge in [-0.15, -0.1) is 0 Å². The minimum atomic E-state index is 0.0439. The highest BCUT2D eigenvalue weighted by Crippen LogP contribution is 2.13. The maximum Gasteiger partial charge on any atom is 0.0524 e. The third-order valence-corrected chi connectivity index (χ3v) is 1.14. The summed E-state index contributed by atoms with van der Waals surface area (Å²) in [5, 5.41) is 0. The molecule has 0 aliphatic carbocycles. The van der Waals surface area contributed by atoms with Crippen LogP contribution in [0.15, 0.2) is 17.1 Å². The van der Waals surface area contributed by atoms with E-state index in [9.17, 15) is 0 Å². The Morgan fingerprint density at radius 2 is 1.42 bits per heavy atom. The van der Waals surface area contributed by atoms with Gasteiger partial charge in [-0.1, -0.05) is 26.8 Å². The molecule has 0 rings (SSSR count). The van der Waals surface area contributed by atoms with E-state index in [1.807, 2.05) is 12.3 Å². The molecule has 0 atom stereocenters. The molecule has 0 spiro atoms. The van der Waals surface area contributed by atoms with E-state index in [-0.39, 0.29) is 11.0 Å². The largest absolute Gasteiger partial charge is 0.287 e. The zero-order chi connectivity index (χ0) is 9.83. The molecule has 0 unspecified atom stereocenters. The standard InChI is InChI=1S/C11H21N/c1-10(2,3)8-7-9-12-11(4,5)6/h7-9H,1-6H3/b8-7-,12-9?. The van der Waals surface area contributed by atoms with Crippen molar-refractivity contribution >= 4 is 6.21 Å². The molecule has 0 aromatic rings. The van der Waals surface area contributed by atoms with Crippen LogP contribution in [0.1, 0.15) is 41.5 Å². The summed E-state index contributed by atoms with van der Waals surface area (Å²) < 4.78 is 0. The van der Waals surface area contributed by atoms with Gasteiger partial charge in [-0.25, -0.2) is 0 Å². The smallest absolute Gasteiger partial charge is 0.0524 e. The second kappa shape index (κ2) is 3.88. The molecule has 70 valence electrons. The van der Waals surface area contributed by atoms with Crippen molar-refractivity contribution in [3.05, 3.63) is 12.2 Å². The molecule has 0 fully saturated rings. The van der Waals surface area contributed by atoms with Gasteiger partial charge in [0.15, 0.2) is 0 Å². The normalized spacial score (nSPS) is 14.8. The molecule has 0 saturated heterocycles. The topological polar surface area (TPSA) is 12.4 Å². The molecule has 0 bridgehead atoms. The molecule has 0 heterocycles. The van der Waals surface area contributed by atoms with Gasteiger partial charge in [0.1, 0.15) is 0 Å². The summed E-state index contributed by atoms with van der Waals surface area (Å²) in [7, 11) is 0. The van der Waals surface area contributed by atoms with E-state index in [0.717, 1.165) is 0 Å². The van der Waals surface area contributed by atoms with Crippen molar-refractivity contribution in [2.45, 2.75) is 47.1 Å². The quantitative estimate of drug-likeness (QED) is 0.530. The zero-order valence-electron chi connectivity index (χ0n) is 9.18. The lowest BCUT2D eigenvalue weighted by atomic mass is 9.96. The number of hydrogen-bond acceptors (Lipinski definition) is 1. The molecule has 0 N–H and O–H groups in total. The summed E-state index contributed by atoms with van der Waals surface area (Å²) in [5.74, 6) is 0. The molecule has 0 saturated carbocycles. The number of hydrogen-bond donors (Lipinski definition) is 0. The van der Waals surface area contributed by atoms with Crippen molar-refractivity contribution in [2.75, 3.05) is 0 Å². The first-order valence-electron chi connectivity index (χ1n) is 4.44. The second-order valence-electron chi connectivity index (χ2n) is 5.17. The Morgan fingerprint density at radius 3 is 1.75 bits per heavy atom. The SMILES string of the molecule is CC(C)(C)/C=C\C=NC(C)(C)C. The lowest BCUT2D eigenvalue weighted by Gasteiger charge is -2.11. The van der Waals surface area contributed by atoms with Crippen molar-refractivity contribution in [3.63, 3.8) is 0 Å². The molecule has 0 aliphatic heterocycles. The van der Waals surface area contributed by atoms with Crippen LogP contribution in [-0.4, -0.2) is 11.8 Å². The number of allylic oxidation sites excluding steroid dienone is 2. The monoisotopic (exact) mass is 167 g/mol. The van der Waals surface area contributed by atoms with Gasteiger partial charge in [0.05, 0.1) is 5.54 Å². The van der Waals surface area contributed by atoms with Crippen molar-refractivity contribution in [1.82, 2.24) is 0 Å². The number of rotatable bonds is 1. The second-order valence-corrected chi connectivity index (χ2v) is 5.17. The Hall–Kier alpha value is -0.590. The van der Waals surface area contributed by atoms with Gasteiger partial charge < -0.3 is 0 Å². The fourth-order valence-corrected chi connectivity index (χ4v) is 0.598. The number of nitrogens with zero attached hydrogens (tertiary/aromatic N) is 1. The average molecular weight is 167 g/mol. The van der Waals surface area contributed by atoms with E-state index in [1.165, 1.54) is 0 Å². The Morgan fingerprint density at radius 1 is 0.917 bits per heavy atom. The van der Waals surface area contributed by atoms with Crippen LogP contribution in [0.5, 0.6) is 0 Å². The first kappa shape index (κ1) is 11.4. The summed E-state index contributed by atoms with van der Waals surface area (Å²) in [5.41, 5.74) is 0.298. The highest BCUT2D eigenvalue weighted by Gasteiger charge is 2.04. The lowest BCUT2D eigenvalue weighted by Crippen LogP contribution is -2.09. The van der Waals surface area contributed by atoms with Crippen LogP contribution in [0.4, 0.5) is 0 Å². The van der Waals surface area contributed by atoms with E-state index >= 15 is 0 Å². The van der Waals surface area contributed by atoms with Gasteiger partial charge in [0.25, 0.3) is 0 Å². The molecule has 0 aromatic heterocycles. The molecule has 0 radical (unpaired) electrons. The van der Waals surface area contributed by atoms with Crippen LogP contribution >= 0.6 is 0 Å². The van der Waals surface area contributed by atoms with Crippen molar-refractivity contribution in [2.24, 2.45) is 10.4 Å². The minimum absolute atomic E-state index is 0.0439. The van der Waals surface area contributed by atoms with E-state index in [4.69, 9.17) is 0 Å². The van der Waals surface area contributed by atoms with Crippen molar-refractivity contribution < 1.29 is 0 Å². The van der Waals surface area contributed by atoms with Crippen LogP contribution in [-0.2, 0) is 0 Å². The average Bonchev–Trinajstić information content (AvgIpc) is 1.76. The van der Waals surface area contributed by atoms with E-state index in [1.54, 1.807) is 0 Å². The van der Waals surface area contributed by atoms with Gasteiger partial charge in [-0.3, -0.25) is 4.99 Å². The summed E-state index contributed by atoms with van der Waals surface area (Å²) >= 11 is 0. The fourth-order valence-electron chi connectivity index (χ4n) is 0.598. The first-order valence-corrected chi connectivity index (χ1v) is 4.44. The first-order chi connectivity index (χ1) is 5.21. The molecular weight excluding hydrogens is 146 g/mol. The Balaban J connectivity index is 4.00. The minimum Gasteiger partial charge on any atom is -0.287 e. The van der Waals surface area contributed by atoms with Crippen molar-refractivity contribution in [3.8, 4) is 0 Å². The maximum atomic E-state index is 4.35. The highest BCUT2D eigenvalue weighted by molar-refractivity contribution is 5.71. The Bertz CT molecular complexity index is 152. The molecule has 1 nitrogen and oxygen atoms in total. The molecule has 0 amide bonds. The van der Waals surface area contributed by atoms with Gasteiger partial charge in [0, 0.05) is 6.21 Å². The summed E-state index contributed by atoms with van der Waals surface area (Å²) in [6.45, 7) is 12.8. The summed E-state index contributed by atoms with van der Waals surface area (Å²) in [6, 6.07) is 0. The molecule has 1 heteroatoms. The zero-order valence-corrected chi connectivity index (χ0v) is 9.18. The van der Waals surface area contributed by atoms with Crippen LogP contribution in [0.2, 0.25) is 0 Å². The highest BCUT2D eigenvalue weighted by atomic mass is 14.8. The summed E-state index contributed by atoms with van der Waals surface area (Å²) in [4.78, 5) is 4.35. The molecule has 12 heavy (non-hydrogen) atoms. The van der Waals surface area contributed by atoms with Gasteiger partial charge >= 0.3 is 0 Å². The van der Waals surface area contributed by atoms with Gasteiger partial charge in [-0.2, -0.15) is 0 Å². The number of aliphatic imine (C=N–C) groups is 1. The van der Waals surface area contributed by atoms with E-state index in [0.29, 0.717) is 0 Å². The van der Waals surface area contributed by atoms with Crippen molar-refractivity contribution in [1.29, 1.82) is 0 Å². The lowest BCUT2D eigenvalue weighted by molar-refractivity contribution is 0.544. The fraction of sp³-hybridized carbons (Fsp3) is 0.727. The van der Waals surface area contributed by atoms with E-state index in [2.05, 4.69) is 52.6 Å². The van der Waals surface area contributed by atoms with Crippen LogP contribution in [0.25, 0.3) is 0 Å². The molecular formula is C11H21N. The Kier molecular flexibility index (Phi) is 3.69. The third kappa shape index (κ3) is 9.41. The van der Waals surface area contributed by atoms with Crippen LogP contribution in [0, 0.1) is 5.41 Å². The van der Waals surface area contributed by atoms with Crippen LogP contribution < -0.4 is 0 Å². The van der Waals surface area contributed by atoms with Crippen LogP contribution in [0.3, 0.4) is 0 Å².